The quantitative estimate of drug-likeness (QED) is 0.824. The largest absolute Gasteiger partial charge is 0.298 e. The molecule has 4 fully saturated rings. The van der Waals surface area contributed by atoms with Crippen LogP contribution in [-0.4, -0.2) is 41.8 Å². The Labute approximate surface area is 120 Å². The van der Waals surface area contributed by atoms with Crippen LogP contribution in [0.4, 0.5) is 0 Å². The van der Waals surface area contributed by atoms with E-state index in [-0.39, 0.29) is 10.8 Å². The molecule has 2 atom stereocenters. The van der Waals surface area contributed by atoms with E-state index >= 15 is 0 Å². The van der Waals surface area contributed by atoms with E-state index in [4.69, 9.17) is 0 Å². The summed E-state index contributed by atoms with van der Waals surface area (Å²) >= 11 is 0. The zero-order valence-electron chi connectivity index (χ0n) is 12.3. The van der Waals surface area contributed by atoms with Crippen LogP contribution in [0.3, 0.4) is 0 Å². The van der Waals surface area contributed by atoms with Crippen molar-refractivity contribution in [2.24, 2.45) is 10.8 Å². The van der Waals surface area contributed by atoms with Crippen LogP contribution in [0.25, 0.3) is 0 Å². The van der Waals surface area contributed by atoms with Crippen LogP contribution in [-0.2, 0) is 4.79 Å². The first-order chi connectivity index (χ1) is 9.58. The predicted octanol–water partition coefficient (Wildman–Crippen LogP) is 2.30. The van der Waals surface area contributed by atoms with Crippen LogP contribution < -0.4 is 0 Å². The first kappa shape index (κ1) is 12.5. The van der Waals surface area contributed by atoms with E-state index < -0.39 is 0 Å². The van der Waals surface area contributed by atoms with Crippen LogP contribution in [0, 0.1) is 10.8 Å². The van der Waals surface area contributed by atoms with Gasteiger partial charge in [0.15, 0.2) is 0 Å². The Morgan fingerprint density at radius 2 is 1.70 bits per heavy atom. The average Bonchev–Trinajstić information content (AvgIpc) is 2.44. The van der Waals surface area contributed by atoms with Crippen molar-refractivity contribution in [1.82, 2.24) is 9.80 Å². The molecule has 0 saturated carbocycles. The fraction of sp³-hybridized carbons (Fsp3) is 0.588. The van der Waals surface area contributed by atoms with Crippen LogP contribution in [0.5, 0.6) is 0 Å². The molecule has 0 aliphatic carbocycles. The summed E-state index contributed by atoms with van der Waals surface area (Å²) in [7, 11) is 0. The maximum atomic E-state index is 12.8. The molecule has 0 radical (unpaired) electrons. The van der Waals surface area contributed by atoms with Gasteiger partial charge in [-0.25, -0.2) is 0 Å². The van der Waals surface area contributed by atoms with Crippen molar-refractivity contribution in [3.63, 3.8) is 0 Å². The first-order valence-electron chi connectivity index (χ1n) is 7.66. The molecular weight excluding hydrogens is 248 g/mol. The smallest absolute Gasteiger partial charge is 0.150 e. The number of benzene rings is 1. The molecule has 4 aliphatic rings. The molecular formula is C17H22N2O. The average molecular weight is 270 g/mol. The van der Waals surface area contributed by atoms with Gasteiger partial charge in [-0.15, -0.1) is 0 Å². The summed E-state index contributed by atoms with van der Waals surface area (Å²) in [5.41, 5.74) is 1.10. The summed E-state index contributed by atoms with van der Waals surface area (Å²) in [6.45, 7) is 8.06. The van der Waals surface area contributed by atoms with Gasteiger partial charge in [0.05, 0.1) is 17.0 Å². The van der Waals surface area contributed by atoms with Gasteiger partial charge in [0, 0.05) is 26.2 Å². The summed E-state index contributed by atoms with van der Waals surface area (Å²) < 4.78 is 0. The minimum atomic E-state index is -0.155. The van der Waals surface area contributed by atoms with E-state index in [2.05, 4.69) is 54.0 Å². The van der Waals surface area contributed by atoms with Crippen LogP contribution >= 0.6 is 0 Å². The van der Waals surface area contributed by atoms with E-state index in [9.17, 15) is 4.79 Å². The number of hydrogen-bond donors (Lipinski definition) is 0. The van der Waals surface area contributed by atoms with Gasteiger partial charge in [0.1, 0.15) is 5.78 Å². The Kier molecular flexibility index (Phi) is 2.46. The molecule has 106 valence electrons. The molecule has 20 heavy (non-hydrogen) atoms. The predicted molar refractivity (Wildman–Crippen MR) is 78.2 cm³/mol. The first-order valence-corrected chi connectivity index (χ1v) is 7.66. The molecule has 0 spiro atoms. The van der Waals surface area contributed by atoms with Crippen LogP contribution in [0.2, 0.25) is 0 Å². The van der Waals surface area contributed by atoms with Gasteiger partial charge < -0.3 is 0 Å². The Bertz CT molecular complexity index is 537. The summed E-state index contributed by atoms with van der Waals surface area (Å²) in [5, 5.41) is 0. The van der Waals surface area contributed by atoms with E-state index in [1.54, 1.807) is 0 Å². The Balaban J connectivity index is 1.76. The highest BCUT2D eigenvalue weighted by atomic mass is 16.1. The molecule has 4 heterocycles. The summed E-state index contributed by atoms with van der Waals surface area (Å²) in [4.78, 5) is 17.9. The lowest BCUT2D eigenvalue weighted by Gasteiger charge is -2.65. The van der Waals surface area contributed by atoms with Crippen molar-refractivity contribution >= 4 is 5.78 Å². The van der Waals surface area contributed by atoms with Crippen molar-refractivity contribution in [2.75, 3.05) is 26.2 Å². The topological polar surface area (TPSA) is 23.6 Å². The van der Waals surface area contributed by atoms with Gasteiger partial charge in [0.25, 0.3) is 0 Å². The highest BCUT2D eigenvalue weighted by Crippen LogP contribution is 2.53. The number of piperidine rings is 2. The van der Waals surface area contributed by atoms with Gasteiger partial charge in [-0.05, 0) is 12.0 Å². The maximum Gasteiger partial charge on any atom is 0.150 e. The fourth-order valence-corrected chi connectivity index (χ4v) is 4.82. The fourth-order valence-electron chi connectivity index (χ4n) is 4.82. The monoisotopic (exact) mass is 270 g/mol. The summed E-state index contributed by atoms with van der Waals surface area (Å²) in [5.74, 6) is 0.520. The Hall–Kier alpha value is -1.19. The number of carbonyl (C=O) groups is 1. The van der Waals surface area contributed by atoms with Crippen molar-refractivity contribution in [1.29, 1.82) is 0 Å². The Morgan fingerprint density at radius 3 is 2.25 bits per heavy atom. The number of nitrogens with zero attached hydrogens (tertiary/aromatic N) is 2. The van der Waals surface area contributed by atoms with Gasteiger partial charge in [-0.3, -0.25) is 14.6 Å². The zero-order valence-corrected chi connectivity index (χ0v) is 12.3. The number of rotatable bonds is 2. The third-order valence-corrected chi connectivity index (χ3v) is 5.61. The molecule has 5 rings (SSSR count). The Morgan fingerprint density at radius 1 is 1.10 bits per heavy atom. The van der Waals surface area contributed by atoms with Crippen molar-refractivity contribution in [3.8, 4) is 0 Å². The highest BCUT2D eigenvalue weighted by Gasteiger charge is 2.63. The molecule has 3 heteroatoms. The molecule has 2 unspecified atom stereocenters. The molecule has 4 saturated heterocycles. The second kappa shape index (κ2) is 3.92. The molecule has 0 N–H and O–H groups in total. The van der Waals surface area contributed by atoms with E-state index in [1.807, 2.05) is 0 Å². The van der Waals surface area contributed by atoms with Gasteiger partial charge in [-0.2, -0.15) is 0 Å². The SMILES string of the molecule is CCC12CN3CC(C)(CN(C1)C3c1ccccc1)C2=O. The zero-order chi connectivity index (χ0) is 14.0. The molecule has 0 aromatic heterocycles. The summed E-state index contributed by atoms with van der Waals surface area (Å²) in [6.07, 6.45) is 1.34. The normalized spacial score (nSPS) is 45.9. The third-order valence-electron chi connectivity index (χ3n) is 5.61. The molecule has 0 amide bonds. The summed E-state index contributed by atoms with van der Waals surface area (Å²) in [6, 6.07) is 10.7. The van der Waals surface area contributed by atoms with Gasteiger partial charge >= 0.3 is 0 Å². The second-order valence-corrected chi connectivity index (χ2v) is 7.12. The lowest BCUT2D eigenvalue weighted by molar-refractivity contribution is -0.200. The number of ketones is 1. The molecule has 1 aromatic carbocycles. The standard InChI is InChI=1S/C17H22N2O/c1-3-17-11-18-9-16(2,15(17)20)10-19(12-17)14(18)13-7-5-4-6-8-13/h4-8,14H,3,9-12H2,1-2H3. The molecule has 3 nitrogen and oxygen atoms in total. The van der Waals surface area contributed by atoms with Crippen molar-refractivity contribution in [3.05, 3.63) is 35.9 Å². The minimum absolute atomic E-state index is 0.115. The van der Waals surface area contributed by atoms with Crippen LogP contribution in [0.1, 0.15) is 32.0 Å². The lowest BCUT2D eigenvalue weighted by Crippen LogP contribution is -2.75. The van der Waals surface area contributed by atoms with E-state index in [0.29, 0.717) is 11.9 Å². The van der Waals surface area contributed by atoms with Gasteiger partial charge in [0.2, 0.25) is 0 Å². The lowest BCUT2D eigenvalue weighted by atomic mass is 9.60. The highest BCUT2D eigenvalue weighted by molar-refractivity contribution is 5.93. The second-order valence-electron chi connectivity index (χ2n) is 7.12. The van der Waals surface area contributed by atoms with Gasteiger partial charge in [-0.1, -0.05) is 44.2 Å². The number of Topliss-reactive ketones (excluding diaryl/α,β-unsaturated/α-hetero) is 1. The van der Waals surface area contributed by atoms with Crippen molar-refractivity contribution < 1.29 is 4.79 Å². The van der Waals surface area contributed by atoms with E-state index in [1.165, 1.54) is 5.56 Å². The van der Waals surface area contributed by atoms with Crippen molar-refractivity contribution in [2.45, 2.75) is 26.4 Å². The van der Waals surface area contributed by atoms with E-state index in [0.717, 1.165) is 32.6 Å². The molecule has 1 aromatic rings. The number of carbonyl (C=O) groups excluding carboxylic acids is 1. The third kappa shape index (κ3) is 1.45. The number of hydrogen-bond acceptors (Lipinski definition) is 3. The minimum Gasteiger partial charge on any atom is -0.298 e. The maximum absolute atomic E-state index is 12.8. The molecule has 4 bridgehead atoms. The molecule has 4 aliphatic heterocycles. The van der Waals surface area contributed by atoms with Crippen LogP contribution in [0.15, 0.2) is 30.3 Å².